The maximum atomic E-state index is 12.6. The highest BCUT2D eigenvalue weighted by Gasteiger charge is 2.16. The molecule has 0 radical (unpaired) electrons. The van der Waals surface area contributed by atoms with Crippen molar-refractivity contribution in [2.24, 2.45) is 0 Å². The van der Waals surface area contributed by atoms with Gasteiger partial charge in [-0.3, -0.25) is 5.32 Å². The lowest BCUT2D eigenvalue weighted by Gasteiger charge is -2.15. The molecule has 0 spiro atoms. The summed E-state index contributed by atoms with van der Waals surface area (Å²) in [4.78, 5) is 23.7. The van der Waals surface area contributed by atoms with Crippen molar-refractivity contribution in [2.45, 2.75) is 27.3 Å². The van der Waals surface area contributed by atoms with Crippen LogP contribution in [0, 0.1) is 20.8 Å². The molecule has 1 aromatic carbocycles. The Morgan fingerprint density at radius 3 is 2.50 bits per heavy atom. The van der Waals surface area contributed by atoms with Gasteiger partial charge in [-0.2, -0.15) is 5.10 Å². The van der Waals surface area contributed by atoms with E-state index in [0.717, 1.165) is 29.3 Å². The summed E-state index contributed by atoms with van der Waals surface area (Å²) in [6.07, 6.45) is -0.679. The van der Waals surface area contributed by atoms with Crippen LogP contribution < -0.4 is 14.8 Å². The lowest BCUT2D eigenvalue weighted by molar-refractivity contribution is 0.136. The van der Waals surface area contributed by atoms with Crippen LogP contribution in [0.25, 0.3) is 17.4 Å². The molecule has 0 unspecified atom stereocenters. The van der Waals surface area contributed by atoms with Crippen LogP contribution in [0.3, 0.4) is 0 Å². The highest BCUT2D eigenvalue weighted by atomic mass is 16.6. The molecule has 0 aliphatic carbocycles. The molecule has 3 aromatic heterocycles. The molecule has 38 heavy (non-hydrogen) atoms. The summed E-state index contributed by atoms with van der Waals surface area (Å²) < 4.78 is 23.9. The second-order valence-corrected chi connectivity index (χ2v) is 9.02. The number of hydrogen-bond acceptors (Lipinski definition) is 9. The molecule has 0 aliphatic rings. The van der Waals surface area contributed by atoms with E-state index in [0.29, 0.717) is 28.9 Å². The summed E-state index contributed by atoms with van der Waals surface area (Å²) in [5.74, 6) is 3.43. The minimum absolute atomic E-state index is 0.0204. The molecule has 4 rings (SSSR count). The van der Waals surface area contributed by atoms with Crippen LogP contribution in [0.4, 0.5) is 10.6 Å². The van der Waals surface area contributed by atoms with Gasteiger partial charge in [-0.1, -0.05) is 6.07 Å². The fourth-order valence-electron chi connectivity index (χ4n) is 3.86. The van der Waals surface area contributed by atoms with Gasteiger partial charge in [-0.25, -0.2) is 19.4 Å². The first-order valence-electron chi connectivity index (χ1n) is 12.1. The summed E-state index contributed by atoms with van der Waals surface area (Å²) in [5.41, 5.74) is 2.81. The van der Waals surface area contributed by atoms with Gasteiger partial charge in [-0.15, -0.1) is 0 Å². The van der Waals surface area contributed by atoms with Crippen molar-refractivity contribution in [3.8, 4) is 28.9 Å². The van der Waals surface area contributed by atoms with Crippen molar-refractivity contribution >= 4 is 11.9 Å². The quantitative estimate of drug-likeness (QED) is 0.301. The van der Waals surface area contributed by atoms with E-state index >= 15 is 0 Å². The van der Waals surface area contributed by atoms with Crippen molar-refractivity contribution < 1.29 is 23.4 Å². The number of methoxy groups -OCH3 is 1. The summed E-state index contributed by atoms with van der Waals surface area (Å²) >= 11 is 0. The molecule has 0 atom stereocenters. The number of carbonyl (C=O) groups excluding carboxylic acids is 1. The Bertz CT molecular complexity index is 1410. The van der Waals surface area contributed by atoms with Crippen LogP contribution in [-0.2, 0) is 11.3 Å². The summed E-state index contributed by atoms with van der Waals surface area (Å²) in [5, 5.41) is 7.15. The Morgan fingerprint density at radius 2 is 1.84 bits per heavy atom. The number of aryl methyl sites for hydroxylation is 3. The minimum Gasteiger partial charge on any atom is -0.493 e. The van der Waals surface area contributed by atoms with E-state index in [1.54, 1.807) is 23.9 Å². The number of nitrogens with one attached hydrogen (secondary N) is 1. The number of furan rings is 1. The first kappa shape index (κ1) is 26.7. The predicted octanol–water partition coefficient (Wildman–Crippen LogP) is 4.55. The molecule has 11 heteroatoms. The van der Waals surface area contributed by atoms with Crippen molar-refractivity contribution in [1.82, 2.24) is 24.6 Å². The number of anilines is 1. The van der Waals surface area contributed by atoms with E-state index in [-0.39, 0.29) is 19.0 Å². The standard InChI is InChI=1S/C27H32N6O5/c1-17-13-18(2)33(31-17)25-15-24(28-26(30-25)22-9-7-19(3)38-22)29-27(34)37-12-11-36-23-14-20(16-32(4)5)8-10-21(23)35-6/h7-10,13-15H,11-12,16H2,1-6H3,(H,28,29,30,34). The van der Waals surface area contributed by atoms with E-state index in [1.165, 1.54) is 0 Å². The second kappa shape index (κ2) is 11.8. The van der Waals surface area contributed by atoms with Gasteiger partial charge in [0.05, 0.1) is 12.8 Å². The number of hydrogen-bond donors (Lipinski definition) is 1. The average Bonchev–Trinajstić information content (AvgIpc) is 3.45. The van der Waals surface area contributed by atoms with Crippen LogP contribution in [0.15, 0.2) is 46.9 Å². The van der Waals surface area contributed by atoms with Gasteiger partial charge in [-0.05, 0) is 70.8 Å². The Labute approximate surface area is 221 Å². The molecule has 1 N–H and O–H groups in total. The van der Waals surface area contributed by atoms with Crippen LogP contribution in [0.2, 0.25) is 0 Å². The van der Waals surface area contributed by atoms with Crippen molar-refractivity contribution in [3.63, 3.8) is 0 Å². The van der Waals surface area contributed by atoms with Crippen molar-refractivity contribution in [3.05, 3.63) is 65.2 Å². The third kappa shape index (κ3) is 6.68. The Kier molecular flexibility index (Phi) is 8.27. The summed E-state index contributed by atoms with van der Waals surface area (Å²) in [6.45, 7) is 6.58. The van der Waals surface area contributed by atoms with Crippen LogP contribution in [-0.4, -0.2) is 65.2 Å². The van der Waals surface area contributed by atoms with Crippen molar-refractivity contribution in [1.29, 1.82) is 0 Å². The van der Waals surface area contributed by atoms with Crippen LogP contribution in [0.5, 0.6) is 11.5 Å². The van der Waals surface area contributed by atoms with Crippen molar-refractivity contribution in [2.75, 3.05) is 39.7 Å². The molecular formula is C27H32N6O5. The molecule has 0 saturated carbocycles. The van der Waals surface area contributed by atoms with Gasteiger partial charge < -0.3 is 23.5 Å². The van der Waals surface area contributed by atoms with Gasteiger partial charge in [0.2, 0.25) is 0 Å². The van der Waals surface area contributed by atoms with E-state index in [2.05, 4.69) is 25.3 Å². The number of benzene rings is 1. The fourth-order valence-corrected chi connectivity index (χ4v) is 3.86. The number of carbonyl (C=O) groups is 1. The van der Waals surface area contributed by atoms with Gasteiger partial charge in [0, 0.05) is 18.3 Å². The number of ether oxygens (including phenoxy) is 3. The van der Waals surface area contributed by atoms with E-state index in [9.17, 15) is 4.79 Å². The second-order valence-electron chi connectivity index (χ2n) is 9.02. The maximum absolute atomic E-state index is 12.6. The molecule has 0 bridgehead atoms. The minimum atomic E-state index is -0.679. The Balaban J connectivity index is 1.43. The van der Waals surface area contributed by atoms with Crippen LogP contribution >= 0.6 is 0 Å². The third-order valence-electron chi connectivity index (χ3n) is 5.43. The lowest BCUT2D eigenvalue weighted by Crippen LogP contribution is -2.19. The third-order valence-corrected chi connectivity index (χ3v) is 5.43. The highest BCUT2D eigenvalue weighted by Crippen LogP contribution is 2.28. The molecule has 0 fully saturated rings. The average molecular weight is 521 g/mol. The summed E-state index contributed by atoms with van der Waals surface area (Å²) in [6, 6.07) is 12.9. The van der Waals surface area contributed by atoms with E-state index in [4.69, 9.17) is 18.6 Å². The fraction of sp³-hybridized carbons (Fsp3) is 0.333. The van der Waals surface area contributed by atoms with E-state index < -0.39 is 6.09 Å². The zero-order chi connectivity index (χ0) is 27.2. The van der Waals surface area contributed by atoms with Crippen LogP contribution in [0.1, 0.15) is 22.7 Å². The largest absolute Gasteiger partial charge is 0.493 e. The lowest BCUT2D eigenvalue weighted by atomic mass is 10.2. The smallest absolute Gasteiger partial charge is 0.412 e. The monoisotopic (exact) mass is 520 g/mol. The molecule has 4 aromatic rings. The first-order valence-corrected chi connectivity index (χ1v) is 12.1. The molecule has 200 valence electrons. The topological polar surface area (TPSA) is 117 Å². The zero-order valence-electron chi connectivity index (χ0n) is 22.4. The molecule has 0 saturated heterocycles. The Morgan fingerprint density at radius 1 is 1.03 bits per heavy atom. The normalized spacial score (nSPS) is 11.0. The molecule has 3 heterocycles. The van der Waals surface area contributed by atoms with Gasteiger partial charge in [0.1, 0.15) is 24.8 Å². The number of nitrogens with zero attached hydrogens (tertiary/aromatic N) is 5. The number of aromatic nitrogens is 4. The SMILES string of the molecule is COc1ccc(CN(C)C)cc1OCCOC(=O)Nc1cc(-n2nc(C)cc2C)nc(-c2ccc(C)o2)n1. The zero-order valence-corrected chi connectivity index (χ0v) is 22.4. The maximum Gasteiger partial charge on any atom is 0.412 e. The molecule has 0 aliphatic heterocycles. The summed E-state index contributed by atoms with van der Waals surface area (Å²) in [7, 11) is 5.57. The Hall–Kier alpha value is -4.38. The molecule has 1 amide bonds. The van der Waals surface area contributed by atoms with E-state index in [1.807, 2.05) is 65.2 Å². The molecule has 11 nitrogen and oxygen atoms in total. The van der Waals surface area contributed by atoms with Gasteiger partial charge in [0.15, 0.2) is 28.9 Å². The predicted molar refractivity (Wildman–Crippen MR) is 142 cm³/mol. The number of rotatable bonds is 10. The number of amides is 1. The van der Waals surface area contributed by atoms with Gasteiger partial charge >= 0.3 is 6.09 Å². The molecular weight excluding hydrogens is 488 g/mol. The first-order chi connectivity index (χ1) is 18.2. The highest BCUT2D eigenvalue weighted by molar-refractivity contribution is 5.83. The van der Waals surface area contributed by atoms with Gasteiger partial charge in [0.25, 0.3) is 0 Å².